The largest absolute Gasteiger partial charge is 0.356 e. The van der Waals surface area contributed by atoms with E-state index in [1.165, 1.54) is 19.3 Å². The monoisotopic (exact) mass is 228 g/mol. The molecule has 0 aromatic heterocycles. The van der Waals surface area contributed by atoms with Crippen LogP contribution in [0.2, 0.25) is 0 Å². The van der Waals surface area contributed by atoms with Crippen LogP contribution in [-0.4, -0.2) is 38.0 Å². The number of rotatable bonds is 1. The molecule has 3 aliphatic rings. The molecule has 0 aromatic carbocycles. The average molecular weight is 228 g/mol. The lowest BCUT2D eigenvalue weighted by molar-refractivity contribution is -0.194. The molecule has 2 aliphatic heterocycles. The molecule has 3 fully saturated rings. The third kappa shape index (κ3) is 1.88. The third-order valence-electron chi connectivity index (χ3n) is 3.90. The van der Waals surface area contributed by atoms with Gasteiger partial charge < -0.3 is 18.9 Å². The van der Waals surface area contributed by atoms with Gasteiger partial charge in [0.15, 0.2) is 12.1 Å². The van der Waals surface area contributed by atoms with Crippen LogP contribution in [0.15, 0.2) is 0 Å². The molecule has 3 rings (SSSR count). The Balaban J connectivity index is 1.66. The number of hydrogen-bond donors (Lipinski definition) is 0. The molecule has 2 saturated heterocycles. The second-order valence-electron chi connectivity index (χ2n) is 5.02. The van der Waals surface area contributed by atoms with Crippen LogP contribution in [0.1, 0.15) is 38.5 Å². The van der Waals surface area contributed by atoms with Crippen LogP contribution in [0.3, 0.4) is 0 Å². The molecule has 1 saturated carbocycles. The first-order chi connectivity index (χ1) is 7.81. The molecule has 3 atom stereocenters. The summed E-state index contributed by atoms with van der Waals surface area (Å²) in [7, 11) is 1.68. The number of fused-ring (bicyclic) bond motifs is 1. The zero-order valence-corrected chi connectivity index (χ0v) is 9.81. The molecule has 0 bridgehead atoms. The molecule has 4 nitrogen and oxygen atoms in total. The van der Waals surface area contributed by atoms with Crippen molar-refractivity contribution in [2.75, 3.05) is 13.7 Å². The van der Waals surface area contributed by atoms with Crippen molar-refractivity contribution in [2.45, 2.75) is 62.8 Å². The Labute approximate surface area is 96.2 Å². The van der Waals surface area contributed by atoms with Gasteiger partial charge in [-0.05, 0) is 12.8 Å². The van der Waals surface area contributed by atoms with Crippen LogP contribution >= 0.6 is 0 Å². The van der Waals surface area contributed by atoms with Gasteiger partial charge in [-0.2, -0.15) is 0 Å². The third-order valence-corrected chi connectivity index (χ3v) is 3.90. The van der Waals surface area contributed by atoms with E-state index in [0.717, 1.165) is 19.3 Å². The van der Waals surface area contributed by atoms with E-state index in [9.17, 15) is 0 Å². The summed E-state index contributed by atoms with van der Waals surface area (Å²) in [6.07, 6.45) is 6.77. The Bertz CT molecular complexity index is 249. The lowest BCUT2D eigenvalue weighted by atomic mass is 9.94. The highest BCUT2D eigenvalue weighted by molar-refractivity contribution is 4.90. The van der Waals surface area contributed by atoms with Crippen molar-refractivity contribution in [3.05, 3.63) is 0 Å². The summed E-state index contributed by atoms with van der Waals surface area (Å²) in [5.74, 6) is -0.292. The highest BCUT2D eigenvalue weighted by atomic mass is 16.8. The first kappa shape index (κ1) is 11.0. The van der Waals surface area contributed by atoms with Gasteiger partial charge >= 0.3 is 0 Å². The summed E-state index contributed by atoms with van der Waals surface area (Å²) < 4.78 is 23.0. The fourth-order valence-electron chi connectivity index (χ4n) is 3.02. The number of hydrogen-bond acceptors (Lipinski definition) is 4. The molecule has 0 amide bonds. The normalized spacial score (nSPS) is 42.2. The van der Waals surface area contributed by atoms with Crippen LogP contribution in [-0.2, 0) is 18.9 Å². The SMILES string of the molecule is CO[C@H]1C[C@H]2OC3(CCCCC3)O[C@@H]2CO1. The lowest BCUT2D eigenvalue weighted by Gasteiger charge is -2.31. The van der Waals surface area contributed by atoms with E-state index in [4.69, 9.17) is 18.9 Å². The fraction of sp³-hybridized carbons (Fsp3) is 1.00. The highest BCUT2D eigenvalue weighted by Crippen LogP contribution is 2.43. The van der Waals surface area contributed by atoms with Crippen molar-refractivity contribution in [3.63, 3.8) is 0 Å². The highest BCUT2D eigenvalue weighted by Gasteiger charge is 2.50. The molecular formula is C12H20O4. The van der Waals surface area contributed by atoms with Gasteiger partial charge in [0, 0.05) is 26.4 Å². The Kier molecular flexibility index (Phi) is 2.92. The maximum absolute atomic E-state index is 6.14. The molecule has 0 unspecified atom stereocenters. The van der Waals surface area contributed by atoms with Crippen LogP contribution in [0.25, 0.3) is 0 Å². The van der Waals surface area contributed by atoms with E-state index in [1.807, 2.05) is 0 Å². The van der Waals surface area contributed by atoms with E-state index in [-0.39, 0.29) is 24.3 Å². The topological polar surface area (TPSA) is 36.9 Å². The average Bonchev–Trinajstić information content (AvgIpc) is 2.66. The minimum atomic E-state index is -0.292. The van der Waals surface area contributed by atoms with Crippen molar-refractivity contribution >= 4 is 0 Å². The molecule has 2 heterocycles. The minimum Gasteiger partial charge on any atom is -0.356 e. The molecule has 1 spiro atoms. The summed E-state index contributed by atoms with van der Waals surface area (Å²) >= 11 is 0. The molecule has 0 aromatic rings. The first-order valence-electron chi connectivity index (χ1n) is 6.31. The smallest absolute Gasteiger partial charge is 0.169 e. The Morgan fingerprint density at radius 2 is 1.81 bits per heavy atom. The van der Waals surface area contributed by atoms with Gasteiger partial charge in [0.25, 0.3) is 0 Å². The Morgan fingerprint density at radius 1 is 1.06 bits per heavy atom. The minimum absolute atomic E-state index is 0.115. The van der Waals surface area contributed by atoms with Gasteiger partial charge in [0.2, 0.25) is 0 Å². The summed E-state index contributed by atoms with van der Waals surface area (Å²) in [4.78, 5) is 0. The lowest BCUT2D eigenvalue weighted by Crippen LogP contribution is -2.39. The van der Waals surface area contributed by atoms with E-state index in [2.05, 4.69) is 0 Å². The zero-order valence-electron chi connectivity index (χ0n) is 9.81. The van der Waals surface area contributed by atoms with E-state index >= 15 is 0 Å². The maximum atomic E-state index is 6.14. The predicted molar refractivity (Wildman–Crippen MR) is 56.9 cm³/mol. The van der Waals surface area contributed by atoms with Crippen molar-refractivity contribution in [1.29, 1.82) is 0 Å². The molecule has 92 valence electrons. The molecule has 0 radical (unpaired) electrons. The van der Waals surface area contributed by atoms with E-state index < -0.39 is 0 Å². The van der Waals surface area contributed by atoms with Crippen LogP contribution in [0, 0.1) is 0 Å². The number of methoxy groups -OCH3 is 1. The molecule has 4 heteroatoms. The fourth-order valence-corrected chi connectivity index (χ4v) is 3.02. The second-order valence-corrected chi connectivity index (χ2v) is 5.02. The van der Waals surface area contributed by atoms with Gasteiger partial charge in [-0.1, -0.05) is 6.42 Å². The molecule has 0 N–H and O–H groups in total. The van der Waals surface area contributed by atoms with Crippen LogP contribution in [0.4, 0.5) is 0 Å². The second kappa shape index (κ2) is 4.26. The van der Waals surface area contributed by atoms with Gasteiger partial charge in [-0.15, -0.1) is 0 Å². The van der Waals surface area contributed by atoms with Gasteiger partial charge in [-0.25, -0.2) is 0 Å². The van der Waals surface area contributed by atoms with Crippen LogP contribution < -0.4 is 0 Å². The van der Waals surface area contributed by atoms with Crippen molar-refractivity contribution in [3.8, 4) is 0 Å². The molecule has 1 aliphatic carbocycles. The van der Waals surface area contributed by atoms with Crippen molar-refractivity contribution in [1.82, 2.24) is 0 Å². The van der Waals surface area contributed by atoms with Crippen molar-refractivity contribution in [2.24, 2.45) is 0 Å². The van der Waals surface area contributed by atoms with Gasteiger partial charge in [-0.3, -0.25) is 0 Å². The number of ether oxygens (including phenoxy) is 4. The Hall–Kier alpha value is -0.160. The summed E-state index contributed by atoms with van der Waals surface area (Å²) in [6, 6.07) is 0. The Morgan fingerprint density at radius 3 is 2.56 bits per heavy atom. The summed E-state index contributed by atoms with van der Waals surface area (Å²) in [5.41, 5.74) is 0. The van der Waals surface area contributed by atoms with Crippen LogP contribution in [0.5, 0.6) is 0 Å². The van der Waals surface area contributed by atoms with E-state index in [0.29, 0.717) is 6.61 Å². The quantitative estimate of drug-likeness (QED) is 0.686. The predicted octanol–water partition coefficient (Wildman–Crippen LogP) is 1.82. The summed E-state index contributed by atoms with van der Waals surface area (Å²) in [5, 5.41) is 0. The van der Waals surface area contributed by atoms with E-state index in [1.54, 1.807) is 7.11 Å². The summed E-state index contributed by atoms with van der Waals surface area (Å²) in [6.45, 7) is 0.602. The van der Waals surface area contributed by atoms with Crippen molar-refractivity contribution < 1.29 is 18.9 Å². The van der Waals surface area contributed by atoms with Gasteiger partial charge in [0.1, 0.15) is 6.10 Å². The molecule has 16 heavy (non-hydrogen) atoms. The first-order valence-corrected chi connectivity index (χ1v) is 6.31. The zero-order chi connectivity index (χ0) is 11.0. The molecular weight excluding hydrogens is 208 g/mol. The van der Waals surface area contributed by atoms with Gasteiger partial charge in [0.05, 0.1) is 12.7 Å². The maximum Gasteiger partial charge on any atom is 0.169 e. The standard InChI is InChI=1S/C12H20O4/c1-13-11-7-9-10(8-14-11)16-12(15-9)5-3-2-4-6-12/h9-11H,2-8H2,1H3/t9-,10-,11-/m1/s1.